The van der Waals surface area contributed by atoms with Gasteiger partial charge in [0.25, 0.3) is 10.2 Å². The third kappa shape index (κ3) is 2.77. The molecule has 110 valence electrons. The van der Waals surface area contributed by atoms with Crippen molar-refractivity contribution >= 4 is 27.8 Å². The molecule has 0 amide bonds. The molecule has 1 aliphatic heterocycles. The first-order valence-electron chi connectivity index (χ1n) is 6.36. The fourth-order valence-electron chi connectivity index (χ4n) is 2.33. The summed E-state index contributed by atoms with van der Waals surface area (Å²) in [4.78, 5) is 2.09. The van der Waals surface area contributed by atoms with Gasteiger partial charge in [-0.15, -0.1) is 0 Å². The Morgan fingerprint density at radius 1 is 1.30 bits per heavy atom. The van der Waals surface area contributed by atoms with Crippen LogP contribution in [-0.2, 0) is 10.2 Å². The van der Waals surface area contributed by atoms with Crippen LogP contribution in [-0.4, -0.2) is 52.2 Å². The lowest BCUT2D eigenvalue weighted by Crippen LogP contribution is -2.51. The summed E-state index contributed by atoms with van der Waals surface area (Å²) in [6.45, 7) is 2.07. The quantitative estimate of drug-likeness (QED) is 0.443. The Kier molecular flexibility index (Phi) is 4.26. The van der Waals surface area contributed by atoms with Crippen LogP contribution in [0.4, 0.5) is 11.4 Å². The molecule has 0 aliphatic carbocycles. The first-order valence-corrected chi connectivity index (χ1v) is 7.80. The van der Waals surface area contributed by atoms with Gasteiger partial charge in [0.1, 0.15) is 0 Å². The van der Waals surface area contributed by atoms with E-state index in [2.05, 4.69) is 9.62 Å². The van der Waals surface area contributed by atoms with Crippen molar-refractivity contribution in [1.82, 2.24) is 9.03 Å². The first-order chi connectivity index (χ1) is 9.49. The second-order valence-corrected chi connectivity index (χ2v) is 6.42. The summed E-state index contributed by atoms with van der Waals surface area (Å²) in [6, 6.07) is 5.61. The Morgan fingerprint density at radius 2 is 1.95 bits per heavy atom. The van der Waals surface area contributed by atoms with Crippen molar-refractivity contribution in [2.75, 3.05) is 43.9 Å². The molecule has 5 N–H and O–H groups in total. The van der Waals surface area contributed by atoms with Gasteiger partial charge in [-0.3, -0.25) is 5.41 Å². The van der Waals surface area contributed by atoms with E-state index in [-0.39, 0.29) is 0 Å². The molecule has 2 rings (SSSR count). The highest BCUT2D eigenvalue weighted by molar-refractivity contribution is 7.87. The molecule has 0 aromatic heterocycles. The van der Waals surface area contributed by atoms with Crippen LogP contribution in [0.25, 0.3) is 0 Å². The monoisotopic (exact) mass is 298 g/mol. The van der Waals surface area contributed by atoms with Crippen LogP contribution in [0, 0.1) is 0 Å². The number of anilines is 2. The van der Waals surface area contributed by atoms with E-state index in [1.807, 2.05) is 12.1 Å². The van der Waals surface area contributed by atoms with Gasteiger partial charge in [0.05, 0.1) is 11.3 Å². The van der Waals surface area contributed by atoms with Gasteiger partial charge in [0, 0.05) is 38.9 Å². The number of nitrogens with two attached hydrogens (primary N) is 2. The van der Waals surface area contributed by atoms with Crippen molar-refractivity contribution < 1.29 is 13.8 Å². The average Bonchev–Trinajstić information content (AvgIpc) is 2.47. The summed E-state index contributed by atoms with van der Waals surface area (Å²) in [7, 11) is -1.93. The molecular weight excluding hydrogens is 278 g/mol. The predicted octanol–water partition coefficient (Wildman–Crippen LogP) is -1.97. The summed E-state index contributed by atoms with van der Waals surface area (Å²) >= 11 is 0. The van der Waals surface area contributed by atoms with Gasteiger partial charge in [-0.25, -0.2) is 4.72 Å². The highest BCUT2D eigenvalue weighted by atomic mass is 32.2. The molecule has 0 unspecified atom stereocenters. The molecule has 0 radical (unpaired) electrons. The highest BCUT2D eigenvalue weighted by Gasteiger charge is 2.26. The average molecular weight is 298 g/mol. The van der Waals surface area contributed by atoms with Crippen LogP contribution in [0.5, 0.6) is 0 Å². The molecule has 0 atom stereocenters. The highest BCUT2D eigenvalue weighted by Crippen LogP contribution is 2.25. The molecule has 1 fully saturated rings. The van der Waals surface area contributed by atoms with Gasteiger partial charge in [-0.2, -0.15) is 12.7 Å². The zero-order valence-corrected chi connectivity index (χ0v) is 12.2. The van der Waals surface area contributed by atoms with Crippen molar-refractivity contribution in [3.05, 3.63) is 23.8 Å². The molecule has 0 saturated carbocycles. The second-order valence-electron chi connectivity index (χ2n) is 4.54. The summed E-state index contributed by atoms with van der Waals surface area (Å²) in [5.41, 5.74) is 8.25. The van der Waals surface area contributed by atoms with E-state index in [1.54, 1.807) is 6.07 Å². The third-order valence-corrected chi connectivity index (χ3v) is 5.02. The first kappa shape index (κ1) is 14.8. The molecule has 1 aromatic rings. The van der Waals surface area contributed by atoms with Crippen molar-refractivity contribution in [2.24, 2.45) is 0 Å². The van der Waals surface area contributed by atoms with Crippen LogP contribution in [0.3, 0.4) is 0 Å². The van der Waals surface area contributed by atoms with Crippen LogP contribution in [0.1, 0.15) is 5.56 Å². The van der Waals surface area contributed by atoms with Crippen molar-refractivity contribution in [1.29, 1.82) is 0 Å². The summed E-state index contributed by atoms with van der Waals surface area (Å²) in [6.07, 6.45) is 1.49. The molecule has 0 bridgehead atoms. The minimum absolute atomic E-state index is 0.433. The second kappa shape index (κ2) is 5.78. The molecule has 7 nitrogen and oxygen atoms in total. The zero-order valence-electron chi connectivity index (χ0n) is 11.4. The number of piperazine rings is 1. The Balaban J connectivity index is 2.16. The Bertz CT molecular complexity index is 594. The third-order valence-electron chi connectivity index (χ3n) is 3.46. The normalized spacial score (nSPS) is 17.1. The van der Waals surface area contributed by atoms with E-state index in [0.717, 1.165) is 11.3 Å². The maximum atomic E-state index is 11.7. The number of benzene rings is 1. The lowest BCUT2D eigenvalue weighted by molar-refractivity contribution is -0.104. The maximum Gasteiger partial charge on any atom is 0.279 e. The van der Waals surface area contributed by atoms with E-state index < -0.39 is 10.2 Å². The Morgan fingerprint density at radius 3 is 2.50 bits per heavy atom. The standard InChI is InChI=1S/C12H19N5O2S/c1-15-20(18,19)17-7-5-16(6-8-17)12-4-2-3-11(14)10(12)9-13/h2-4,9,13,15H,5-8,14H2,1H3/p+1. The summed E-state index contributed by atoms with van der Waals surface area (Å²) in [5.74, 6) is 0. The summed E-state index contributed by atoms with van der Waals surface area (Å²) in [5, 5.41) is 5.63. The Labute approximate surface area is 119 Å². The minimum atomic E-state index is -3.35. The van der Waals surface area contributed by atoms with Gasteiger partial charge in [-0.05, 0) is 12.1 Å². The van der Waals surface area contributed by atoms with Crippen molar-refractivity contribution in [2.45, 2.75) is 0 Å². The van der Waals surface area contributed by atoms with Crippen LogP contribution in [0.2, 0.25) is 0 Å². The fraction of sp³-hybridized carbons (Fsp3) is 0.417. The lowest BCUT2D eigenvalue weighted by atomic mass is 10.1. The van der Waals surface area contributed by atoms with Gasteiger partial charge in [0.15, 0.2) is 6.21 Å². The molecule has 1 aromatic carbocycles. The SMILES string of the molecule is CNS(=O)(=O)N1CCN(c2cccc(N)c2C=[NH2+])CC1. The molecular formula is C12H20N5O2S+. The van der Waals surface area contributed by atoms with Crippen LogP contribution >= 0.6 is 0 Å². The van der Waals surface area contributed by atoms with Crippen molar-refractivity contribution in [3.63, 3.8) is 0 Å². The van der Waals surface area contributed by atoms with E-state index in [9.17, 15) is 8.42 Å². The fourth-order valence-corrected chi connectivity index (χ4v) is 3.23. The summed E-state index contributed by atoms with van der Waals surface area (Å²) < 4.78 is 27.2. The van der Waals surface area contributed by atoms with E-state index in [1.165, 1.54) is 17.6 Å². The molecule has 20 heavy (non-hydrogen) atoms. The van der Waals surface area contributed by atoms with Gasteiger partial charge >= 0.3 is 0 Å². The largest absolute Gasteiger partial charge is 0.398 e. The van der Waals surface area contributed by atoms with Crippen LogP contribution in [0.15, 0.2) is 18.2 Å². The van der Waals surface area contributed by atoms with Gasteiger partial charge < -0.3 is 10.6 Å². The minimum Gasteiger partial charge on any atom is -0.398 e. The van der Waals surface area contributed by atoms with Crippen molar-refractivity contribution in [3.8, 4) is 0 Å². The molecule has 1 aliphatic rings. The number of nitrogens with zero attached hydrogens (tertiary/aromatic N) is 2. The smallest absolute Gasteiger partial charge is 0.279 e. The maximum absolute atomic E-state index is 11.7. The number of nitrogen functional groups attached to an aromatic ring is 1. The number of rotatable bonds is 4. The topological polar surface area (TPSA) is 104 Å². The number of hydrogen-bond acceptors (Lipinski definition) is 4. The molecule has 8 heteroatoms. The van der Waals surface area contributed by atoms with E-state index in [4.69, 9.17) is 11.1 Å². The zero-order chi connectivity index (χ0) is 14.8. The number of hydrogen-bond donors (Lipinski definition) is 3. The Hall–Kier alpha value is -1.64. The van der Waals surface area contributed by atoms with E-state index >= 15 is 0 Å². The number of nitrogens with one attached hydrogen (secondary N) is 1. The van der Waals surface area contributed by atoms with Gasteiger partial charge in [-0.1, -0.05) is 6.07 Å². The van der Waals surface area contributed by atoms with Crippen LogP contribution < -0.4 is 20.8 Å². The molecule has 0 spiro atoms. The molecule has 1 saturated heterocycles. The predicted molar refractivity (Wildman–Crippen MR) is 79.7 cm³/mol. The lowest BCUT2D eigenvalue weighted by Gasteiger charge is -2.35. The van der Waals surface area contributed by atoms with E-state index in [0.29, 0.717) is 31.9 Å². The molecule has 1 heterocycles. The van der Waals surface area contributed by atoms with Gasteiger partial charge in [0.2, 0.25) is 0 Å².